The molecule has 0 saturated heterocycles. The summed E-state index contributed by atoms with van der Waals surface area (Å²) < 4.78 is 0. The van der Waals surface area contributed by atoms with Crippen LogP contribution in [0.15, 0.2) is 0 Å². The van der Waals surface area contributed by atoms with Crippen LogP contribution in [0.3, 0.4) is 0 Å². The minimum atomic E-state index is -0.00391. The zero-order valence-electron chi connectivity index (χ0n) is 15.1. The zero-order valence-corrected chi connectivity index (χ0v) is 15.1. The SMILES string of the molecule is CC(C)C1CCC(CCN(C)C(C)(N(C)C)N(C)C)C1. The number of hydrogen-bond acceptors (Lipinski definition) is 3. The summed E-state index contributed by atoms with van der Waals surface area (Å²) in [5.74, 6) is 2.78. The van der Waals surface area contributed by atoms with Gasteiger partial charge in [0.05, 0.1) is 0 Å². The molecule has 3 heteroatoms. The van der Waals surface area contributed by atoms with E-state index in [0.717, 1.165) is 17.8 Å². The summed E-state index contributed by atoms with van der Waals surface area (Å²) in [6, 6.07) is 0. The molecule has 2 unspecified atom stereocenters. The Morgan fingerprint density at radius 3 is 1.95 bits per heavy atom. The van der Waals surface area contributed by atoms with Crippen molar-refractivity contribution in [2.75, 3.05) is 41.8 Å². The molecule has 0 aromatic rings. The molecule has 1 fully saturated rings. The van der Waals surface area contributed by atoms with Gasteiger partial charge in [0.25, 0.3) is 0 Å². The van der Waals surface area contributed by atoms with Crippen LogP contribution in [0, 0.1) is 17.8 Å². The van der Waals surface area contributed by atoms with Crippen molar-refractivity contribution in [3.63, 3.8) is 0 Å². The first-order valence-corrected chi connectivity index (χ1v) is 8.25. The van der Waals surface area contributed by atoms with Gasteiger partial charge in [0.15, 0.2) is 0 Å². The van der Waals surface area contributed by atoms with Gasteiger partial charge in [-0.2, -0.15) is 0 Å². The Morgan fingerprint density at radius 2 is 1.55 bits per heavy atom. The molecule has 0 N–H and O–H groups in total. The van der Waals surface area contributed by atoms with Gasteiger partial charge in [0, 0.05) is 6.54 Å². The standard InChI is InChI=1S/C17H37N3/c1-14(2)16-10-9-15(13-16)11-12-20(8)17(3,18(4)5)19(6)7/h14-16H,9-13H2,1-8H3. The molecular weight excluding hydrogens is 246 g/mol. The molecule has 0 aliphatic heterocycles. The highest BCUT2D eigenvalue weighted by Gasteiger charge is 2.35. The quantitative estimate of drug-likeness (QED) is 0.665. The summed E-state index contributed by atoms with van der Waals surface area (Å²) in [4.78, 5) is 7.10. The minimum absolute atomic E-state index is 0.00391. The fraction of sp³-hybridized carbons (Fsp3) is 1.00. The van der Waals surface area contributed by atoms with Crippen molar-refractivity contribution in [1.29, 1.82) is 0 Å². The van der Waals surface area contributed by atoms with Gasteiger partial charge in [-0.3, -0.25) is 14.7 Å². The molecule has 1 rings (SSSR count). The predicted octanol–water partition coefficient (Wildman–Crippen LogP) is 3.18. The Bertz CT molecular complexity index is 278. The van der Waals surface area contributed by atoms with Gasteiger partial charge in [-0.25, -0.2) is 0 Å². The smallest absolute Gasteiger partial charge is 0.126 e. The third kappa shape index (κ3) is 3.96. The number of hydrogen-bond donors (Lipinski definition) is 0. The molecule has 1 aliphatic rings. The summed E-state index contributed by atoms with van der Waals surface area (Å²) in [5, 5.41) is 0. The highest BCUT2D eigenvalue weighted by molar-refractivity contribution is 4.82. The normalized spacial score (nSPS) is 24.6. The summed E-state index contributed by atoms with van der Waals surface area (Å²) in [7, 11) is 10.9. The predicted molar refractivity (Wildman–Crippen MR) is 88.7 cm³/mol. The second-order valence-electron chi connectivity index (χ2n) is 7.65. The van der Waals surface area contributed by atoms with Gasteiger partial charge >= 0.3 is 0 Å². The Labute approximate surface area is 127 Å². The van der Waals surface area contributed by atoms with Crippen LogP contribution in [0.2, 0.25) is 0 Å². The lowest BCUT2D eigenvalue weighted by atomic mass is 9.92. The Hall–Kier alpha value is -0.120. The molecule has 3 nitrogen and oxygen atoms in total. The Morgan fingerprint density at radius 1 is 1.00 bits per heavy atom. The molecular formula is C17H37N3. The van der Waals surface area contributed by atoms with Gasteiger partial charge in [-0.05, 0) is 79.2 Å². The van der Waals surface area contributed by atoms with Gasteiger partial charge in [-0.15, -0.1) is 0 Å². The maximum atomic E-state index is 2.50. The maximum absolute atomic E-state index is 2.50. The number of nitrogens with zero attached hydrogens (tertiary/aromatic N) is 3. The number of rotatable bonds is 7. The first-order valence-electron chi connectivity index (χ1n) is 8.25. The molecule has 0 aromatic carbocycles. The highest BCUT2D eigenvalue weighted by atomic mass is 15.5. The van der Waals surface area contributed by atoms with Gasteiger partial charge in [0.2, 0.25) is 0 Å². The largest absolute Gasteiger partial charge is 0.279 e. The van der Waals surface area contributed by atoms with Crippen LogP contribution in [0.25, 0.3) is 0 Å². The van der Waals surface area contributed by atoms with Crippen molar-refractivity contribution in [1.82, 2.24) is 14.7 Å². The van der Waals surface area contributed by atoms with E-state index >= 15 is 0 Å². The third-order valence-electron chi connectivity index (χ3n) is 5.81. The fourth-order valence-corrected chi connectivity index (χ4v) is 3.65. The molecule has 20 heavy (non-hydrogen) atoms. The van der Waals surface area contributed by atoms with Crippen molar-refractivity contribution in [3.05, 3.63) is 0 Å². The van der Waals surface area contributed by atoms with Crippen LogP contribution in [-0.4, -0.2) is 62.3 Å². The van der Waals surface area contributed by atoms with Crippen LogP contribution in [0.1, 0.15) is 46.5 Å². The van der Waals surface area contributed by atoms with Crippen molar-refractivity contribution in [3.8, 4) is 0 Å². The molecule has 0 heterocycles. The Balaban J connectivity index is 2.49. The molecule has 0 spiro atoms. The second-order valence-corrected chi connectivity index (χ2v) is 7.65. The zero-order chi connectivity index (χ0) is 15.5. The molecule has 0 bridgehead atoms. The van der Waals surface area contributed by atoms with E-state index in [2.05, 4.69) is 70.7 Å². The third-order valence-corrected chi connectivity index (χ3v) is 5.81. The fourth-order valence-electron chi connectivity index (χ4n) is 3.65. The first kappa shape index (κ1) is 17.9. The van der Waals surface area contributed by atoms with Crippen LogP contribution in [0.5, 0.6) is 0 Å². The van der Waals surface area contributed by atoms with Crippen molar-refractivity contribution < 1.29 is 0 Å². The summed E-state index contributed by atoms with van der Waals surface area (Å²) in [6.07, 6.45) is 5.69. The van der Waals surface area contributed by atoms with E-state index in [0.29, 0.717) is 0 Å². The average molecular weight is 284 g/mol. The first-order chi connectivity index (χ1) is 9.19. The average Bonchev–Trinajstić information content (AvgIpc) is 2.83. The topological polar surface area (TPSA) is 9.72 Å². The van der Waals surface area contributed by atoms with Crippen LogP contribution in [-0.2, 0) is 0 Å². The van der Waals surface area contributed by atoms with Gasteiger partial charge in [0.1, 0.15) is 5.79 Å². The van der Waals surface area contributed by atoms with E-state index in [1.807, 2.05) is 0 Å². The molecule has 1 aliphatic carbocycles. The van der Waals surface area contributed by atoms with E-state index in [9.17, 15) is 0 Å². The van der Waals surface area contributed by atoms with Crippen LogP contribution >= 0.6 is 0 Å². The lowest BCUT2D eigenvalue weighted by Crippen LogP contribution is -2.63. The highest BCUT2D eigenvalue weighted by Crippen LogP contribution is 2.37. The van der Waals surface area contributed by atoms with Gasteiger partial charge in [-0.1, -0.05) is 20.3 Å². The second kappa shape index (κ2) is 7.24. The van der Waals surface area contributed by atoms with E-state index in [-0.39, 0.29) is 5.79 Å². The van der Waals surface area contributed by atoms with E-state index in [4.69, 9.17) is 0 Å². The molecule has 120 valence electrons. The van der Waals surface area contributed by atoms with Crippen LogP contribution in [0.4, 0.5) is 0 Å². The lowest BCUT2D eigenvalue weighted by Gasteiger charge is -2.48. The van der Waals surface area contributed by atoms with E-state index in [1.165, 1.54) is 32.2 Å². The minimum Gasteiger partial charge on any atom is -0.279 e. The van der Waals surface area contributed by atoms with Crippen LogP contribution < -0.4 is 0 Å². The molecule has 0 radical (unpaired) electrons. The summed E-state index contributed by atoms with van der Waals surface area (Å²) >= 11 is 0. The molecule has 0 amide bonds. The summed E-state index contributed by atoms with van der Waals surface area (Å²) in [6.45, 7) is 8.25. The monoisotopic (exact) mass is 283 g/mol. The summed E-state index contributed by atoms with van der Waals surface area (Å²) in [5.41, 5.74) is 0. The van der Waals surface area contributed by atoms with Crippen molar-refractivity contribution >= 4 is 0 Å². The maximum Gasteiger partial charge on any atom is 0.126 e. The van der Waals surface area contributed by atoms with Gasteiger partial charge < -0.3 is 0 Å². The van der Waals surface area contributed by atoms with Crippen molar-refractivity contribution in [2.45, 2.75) is 52.2 Å². The lowest BCUT2D eigenvalue weighted by molar-refractivity contribution is -0.106. The molecule has 2 atom stereocenters. The van der Waals surface area contributed by atoms with E-state index < -0.39 is 0 Å². The molecule has 1 saturated carbocycles. The Kier molecular flexibility index (Phi) is 6.49. The van der Waals surface area contributed by atoms with Crippen molar-refractivity contribution in [2.24, 2.45) is 17.8 Å². The molecule has 0 aromatic heterocycles. The van der Waals surface area contributed by atoms with E-state index in [1.54, 1.807) is 0 Å².